The molecule has 4 nitrogen and oxygen atoms in total. The van der Waals surface area contributed by atoms with Crippen molar-refractivity contribution in [3.8, 4) is 22.8 Å². The van der Waals surface area contributed by atoms with Gasteiger partial charge in [0.25, 0.3) is 0 Å². The molecule has 10 rings (SSSR count). The molecule has 7 aromatic carbocycles. The van der Waals surface area contributed by atoms with Gasteiger partial charge in [-0.2, -0.15) is 0 Å². The summed E-state index contributed by atoms with van der Waals surface area (Å²) in [6.07, 6.45) is 0. The Labute approximate surface area is 264 Å². The van der Waals surface area contributed by atoms with Crippen molar-refractivity contribution < 1.29 is 0 Å². The van der Waals surface area contributed by atoms with E-state index in [4.69, 9.17) is 9.97 Å². The van der Waals surface area contributed by atoms with E-state index in [0.717, 1.165) is 50.3 Å². The number of hydrogen-bond donors (Lipinski definition) is 0. The second-order valence-corrected chi connectivity index (χ2v) is 11.8. The first-order chi connectivity index (χ1) is 22.8. The van der Waals surface area contributed by atoms with Crippen LogP contribution in [0, 0.1) is 0 Å². The molecule has 0 atom stereocenters. The standard InChI is InChI=1S/C42H26N4/c1-2-14-28(15-3-1)39-42(44-35-21-9-8-20-34(35)43-39)46-38-23-11-7-19-31(38)33-26-25-32-30-18-6-10-22-37(30)45(40(32)41(33)46)36-24-12-16-27-13-4-5-17-29(27)36/h1-26H. The monoisotopic (exact) mass is 586 g/mol. The van der Waals surface area contributed by atoms with Gasteiger partial charge in [0.1, 0.15) is 5.69 Å². The molecule has 0 radical (unpaired) electrons. The third-order valence-corrected chi connectivity index (χ3v) is 9.29. The zero-order valence-electron chi connectivity index (χ0n) is 24.8. The number of aromatic nitrogens is 4. The Bertz CT molecular complexity index is 2800. The minimum Gasteiger partial charge on any atom is -0.307 e. The molecule has 0 aliphatic heterocycles. The first-order valence-electron chi connectivity index (χ1n) is 15.6. The van der Waals surface area contributed by atoms with E-state index in [1.807, 2.05) is 24.3 Å². The first-order valence-corrected chi connectivity index (χ1v) is 15.6. The van der Waals surface area contributed by atoms with Crippen LogP contribution in [0.2, 0.25) is 0 Å². The summed E-state index contributed by atoms with van der Waals surface area (Å²) in [5.41, 5.74) is 9.32. The zero-order valence-corrected chi connectivity index (χ0v) is 24.8. The van der Waals surface area contributed by atoms with Crippen molar-refractivity contribution in [2.75, 3.05) is 0 Å². The van der Waals surface area contributed by atoms with Gasteiger partial charge in [0.2, 0.25) is 0 Å². The fourth-order valence-electron chi connectivity index (χ4n) is 7.31. The molecule has 46 heavy (non-hydrogen) atoms. The van der Waals surface area contributed by atoms with E-state index in [0.29, 0.717) is 0 Å². The molecule has 3 heterocycles. The minimum atomic E-state index is 0.818. The summed E-state index contributed by atoms with van der Waals surface area (Å²) in [4.78, 5) is 10.7. The smallest absolute Gasteiger partial charge is 0.165 e. The summed E-state index contributed by atoms with van der Waals surface area (Å²) in [6, 6.07) is 55.8. The van der Waals surface area contributed by atoms with Gasteiger partial charge in [0, 0.05) is 32.5 Å². The maximum atomic E-state index is 5.40. The molecular weight excluding hydrogens is 560 g/mol. The Kier molecular flexibility index (Phi) is 5.25. The van der Waals surface area contributed by atoms with Crippen LogP contribution in [0.1, 0.15) is 0 Å². The second-order valence-electron chi connectivity index (χ2n) is 11.8. The fraction of sp³-hybridized carbons (Fsp3) is 0. The number of hydrogen-bond acceptors (Lipinski definition) is 2. The number of para-hydroxylation sites is 4. The average Bonchev–Trinajstić information content (AvgIpc) is 3.64. The molecule has 0 bridgehead atoms. The lowest BCUT2D eigenvalue weighted by molar-refractivity contribution is 1.08. The van der Waals surface area contributed by atoms with Crippen molar-refractivity contribution in [3.05, 3.63) is 158 Å². The highest BCUT2D eigenvalue weighted by atomic mass is 15.1. The molecule has 0 saturated heterocycles. The molecule has 4 heteroatoms. The summed E-state index contributed by atoms with van der Waals surface area (Å²) in [5, 5.41) is 7.21. The van der Waals surface area contributed by atoms with Gasteiger partial charge in [-0.15, -0.1) is 0 Å². The number of fused-ring (bicyclic) bond motifs is 9. The maximum Gasteiger partial charge on any atom is 0.165 e. The number of benzene rings is 7. The van der Waals surface area contributed by atoms with Crippen molar-refractivity contribution in [2.45, 2.75) is 0 Å². The zero-order chi connectivity index (χ0) is 30.2. The van der Waals surface area contributed by atoms with Crippen LogP contribution >= 0.6 is 0 Å². The van der Waals surface area contributed by atoms with Gasteiger partial charge in [-0.25, -0.2) is 9.97 Å². The van der Waals surface area contributed by atoms with Crippen molar-refractivity contribution >= 4 is 65.4 Å². The lowest BCUT2D eigenvalue weighted by Gasteiger charge is -2.16. The molecule has 214 valence electrons. The summed E-state index contributed by atoms with van der Waals surface area (Å²) < 4.78 is 4.82. The predicted molar refractivity (Wildman–Crippen MR) is 191 cm³/mol. The number of rotatable bonds is 3. The van der Waals surface area contributed by atoms with Gasteiger partial charge >= 0.3 is 0 Å². The maximum absolute atomic E-state index is 5.40. The lowest BCUT2D eigenvalue weighted by atomic mass is 10.1. The van der Waals surface area contributed by atoms with Crippen LogP contribution in [0.15, 0.2) is 158 Å². The van der Waals surface area contributed by atoms with Crippen LogP contribution in [0.5, 0.6) is 0 Å². The topological polar surface area (TPSA) is 35.6 Å². The largest absolute Gasteiger partial charge is 0.307 e. The minimum absolute atomic E-state index is 0.818. The quantitative estimate of drug-likeness (QED) is 0.206. The highest BCUT2D eigenvalue weighted by molar-refractivity contribution is 6.24. The van der Waals surface area contributed by atoms with Gasteiger partial charge < -0.3 is 4.57 Å². The fourth-order valence-corrected chi connectivity index (χ4v) is 7.31. The van der Waals surface area contributed by atoms with Crippen molar-refractivity contribution in [1.82, 2.24) is 19.1 Å². The van der Waals surface area contributed by atoms with Crippen LogP contribution < -0.4 is 0 Å². The van der Waals surface area contributed by atoms with E-state index >= 15 is 0 Å². The van der Waals surface area contributed by atoms with E-state index in [1.54, 1.807) is 0 Å². The van der Waals surface area contributed by atoms with Gasteiger partial charge in [-0.3, -0.25) is 4.57 Å². The van der Waals surface area contributed by atoms with Crippen LogP contribution in [0.3, 0.4) is 0 Å². The first kappa shape index (κ1) is 25.1. The molecule has 0 unspecified atom stereocenters. The van der Waals surface area contributed by atoms with Crippen molar-refractivity contribution in [2.24, 2.45) is 0 Å². The molecule has 0 fully saturated rings. The Morgan fingerprint density at radius 1 is 0.370 bits per heavy atom. The summed E-state index contributed by atoms with van der Waals surface area (Å²) in [7, 11) is 0. The molecule has 0 N–H and O–H groups in total. The Balaban J connectivity index is 1.46. The van der Waals surface area contributed by atoms with E-state index in [-0.39, 0.29) is 0 Å². The van der Waals surface area contributed by atoms with E-state index in [9.17, 15) is 0 Å². The lowest BCUT2D eigenvalue weighted by Crippen LogP contribution is -2.05. The van der Waals surface area contributed by atoms with E-state index in [2.05, 4.69) is 143 Å². The van der Waals surface area contributed by atoms with E-state index < -0.39 is 0 Å². The molecule has 3 aromatic heterocycles. The normalized spacial score (nSPS) is 11.9. The molecule has 0 spiro atoms. The van der Waals surface area contributed by atoms with Gasteiger partial charge in [0.05, 0.1) is 38.8 Å². The summed E-state index contributed by atoms with van der Waals surface area (Å²) in [6.45, 7) is 0. The predicted octanol–water partition coefficient (Wildman–Crippen LogP) is 10.6. The van der Waals surface area contributed by atoms with Crippen molar-refractivity contribution in [3.63, 3.8) is 0 Å². The summed E-state index contributed by atoms with van der Waals surface area (Å²) in [5.74, 6) is 0.818. The van der Waals surface area contributed by atoms with Crippen LogP contribution in [0.25, 0.3) is 88.2 Å². The van der Waals surface area contributed by atoms with Gasteiger partial charge in [-0.05, 0) is 35.7 Å². The number of nitrogens with zero attached hydrogens (tertiary/aromatic N) is 4. The summed E-state index contributed by atoms with van der Waals surface area (Å²) >= 11 is 0. The molecule has 0 aliphatic rings. The van der Waals surface area contributed by atoms with Gasteiger partial charge in [-0.1, -0.05) is 127 Å². The van der Waals surface area contributed by atoms with Crippen LogP contribution in [0.4, 0.5) is 0 Å². The highest BCUT2D eigenvalue weighted by Crippen LogP contribution is 2.43. The highest BCUT2D eigenvalue weighted by Gasteiger charge is 2.24. The van der Waals surface area contributed by atoms with Crippen LogP contribution in [-0.2, 0) is 0 Å². The Morgan fingerprint density at radius 3 is 1.65 bits per heavy atom. The molecule has 10 aromatic rings. The molecule has 0 amide bonds. The third-order valence-electron chi connectivity index (χ3n) is 9.29. The van der Waals surface area contributed by atoms with Crippen LogP contribution in [-0.4, -0.2) is 19.1 Å². The molecular formula is C42H26N4. The Hall–Kier alpha value is -6.26. The Morgan fingerprint density at radius 2 is 0.913 bits per heavy atom. The average molecular weight is 587 g/mol. The van der Waals surface area contributed by atoms with Gasteiger partial charge in [0.15, 0.2) is 5.82 Å². The molecule has 0 aliphatic carbocycles. The molecule has 0 saturated carbocycles. The SMILES string of the molecule is c1ccc(-c2nc3ccccc3nc2-n2c3ccccc3c3ccc4c5ccccc5n(-c5cccc6ccccc56)c4c32)cc1. The van der Waals surface area contributed by atoms with E-state index in [1.165, 1.54) is 37.8 Å². The second kappa shape index (κ2) is 9.62. The third kappa shape index (κ3) is 3.49. The van der Waals surface area contributed by atoms with Crippen molar-refractivity contribution in [1.29, 1.82) is 0 Å².